The zero-order valence-corrected chi connectivity index (χ0v) is 23.7. The van der Waals surface area contributed by atoms with Gasteiger partial charge in [-0.25, -0.2) is 8.78 Å². The number of pyridine rings is 1. The molecule has 1 aromatic heterocycles. The van der Waals surface area contributed by atoms with Gasteiger partial charge in [0.1, 0.15) is 11.9 Å². The van der Waals surface area contributed by atoms with Gasteiger partial charge < -0.3 is 4.74 Å². The van der Waals surface area contributed by atoms with Crippen LogP contribution in [0.1, 0.15) is 39.9 Å². The standard InChI is InChI=1S/C30H22ClF5N2O3S/c1-15-18(13-19-20(30(34,35)36)9-6-11-22(19)32)29-38(28(39)25(15)17-8-5-12-24(41-2)26(17)33)23(14-42-29)27(37-40)16-7-3-4-10-21(16)31/h3-12,23,27H,13-14H2,1-2H3. The molecule has 42 heavy (non-hydrogen) atoms. The van der Waals surface area contributed by atoms with E-state index < -0.39 is 53.0 Å². The Labute approximate surface area is 246 Å². The van der Waals surface area contributed by atoms with E-state index >= 15 is 8.78 Å². The van der Waals surface area contributed by atoms with Gasteiger partial charge in [0.05, 0.1) is 29.3 Å². The van der Waals surface area contributed by atoms with E-state index in [1.807, 2.05) is 0 Å². The number of ether oxygens (including phenoxy) is 1. The third-order valence-corrected chi connectivity index (χ3v) is 8.96. The number of fused-ring (bicyclic) bond motifs is 1. The average molecular weight is 621 g/mol. The van der Waals surface area contributed by atoms with Gasteiger partial charge in [-0.2, -0.15) is 18.1 Å². The van der Waals surface area contributed by atoms with E-state index in [4.69, 9.17) is 16.3 Å². The zero-order chi connectivity index (χ0) is 30.3. The Balaban J connectivity index is 1.82. The van der Waals surface area contributed by atoms with Crippen LogP contribution in [0.25, 0.3) is 11.1 Å². The molecular formula is C30H22ClF5N2O3S. The Hall–Kier alpha value is -3.70. The third kappa shape index (κ3) is 5.09. The number of nitrogens with zero attached hydrogens (tertiary/aromatic N) is 2. The lowest BCUT2D eigenvalue weighted by Gasteiger charge is -2.24. The molecule has 0 radical (unpaired) electrons. The first-order valence-electron chi connectivity index (χ1n) is 12.6. The number of methoxy groups -OCH3 is 1. The Bertz CT molecular complexity index is 1760. The maximum atomic E-state index is 15.6. The number of aromatic nitrogens is 1. The van der Waals surface area contributed by atoms with Gasteiger partial charge in [0, 0.05) is 33.9 Å². The van der Waals surface area contributed by atoms with Crippen LogP contribution in [0.3, 0.4) is 0 Å². The lowest BCUT2D eigenvalue weighted by molar-refractivity contribution is -0.138. The van der Waals surface area contributed by atoms with Crippen molar-refractivity contribution in [1.82, 2.24) is 4.57 Å². The Morgan fingerprint density at radius 2 is 1.79 bits per heavy atom. The van der Waals surface area contributed by atoms with E-state index in [0.29, 0.717) is 5.56 Å². The predicted octanol–water partition coefficient (Wildman–Crippen LogP) is 8.53. The molecule has 3 aromatic carbocycles. The van der Waals surface area contributed by atoms with Crippen LogP contribution in [-0.2, 0) is 12.6 Å². The number of hydrogen-bond acceptors (Lipinski definition) is 5. The summed E-state index contributed by atoms with van der Waals surface area (Å²) in [5.74, 6) is -1.95. The summed E-state index contributed by atoms with van der Waals surface area (Å²) in [4.78, 5) is 26.4. The molecule has 2 heterocycles. The summed E-state index contributed by atoms with van der Waals surface area (Å²) in [6.45, 7) is 1.48. The van der Waals surface area contributed by atoms with Crippen LogP contribution in [-0.4, -0.2) is 17.4 Å². The fourth-order valence-electron chi connectivity index (χ4n) is 5.38. The highest BCUT2D eigenvalue weighted by atomic mass is 35.5. The summed E-state index contributed by atoms with van der Waals surface area (Å²) < 4.78 is 78.8. The molecule has 0 amide bonds. The van der Waals surface area contributed by atoms with Gasteiger partial charge in [-0.1, -0.05) is 53.2 Å². The molecule has 2 unspecified atom stereocenters. The van der Waals surface area contributed by atoms with Gasteiger partial charge >= 0.3 is 6.18 Å². The molecule has 4 aromatic rings. The zero-order valence-electron chi connectivity index (χ0n) is 22.1. The second kappa shape index (κ2) is 11.5. The van der Waals surface area contributed by atoms with Crippen molar-refractivity contribution in [1.29, 1.82) is 0 Å². The van der Waals surface area contributed by atoms with Crippen LogP contribution in [0.2, 0.25) is 5.02 Å². The van der Waals surface area contributed by atoms with E-state index in [0.717, 1.165) is 30.0 Å². The summed E-state index contributed by atoms with van der Waals surface area (Å²) in [6, 6.07) is 11.3. The van der Waals surface area contributed by atoms with Crippen LogP contribution >= 0.6 is 23.4 Å². The minimum Gasteiger partial charge on any atom is -0.494 e. The Morgan fingerprint density at radius 1 is 1.07 bits per heavy atom. The molecule has 1 aliphatic rings. The summed E-state index contributed by atoms with van der Waals surface area (Å²) in [5, 5.41) is 3.75. The molecule has 218 valence electrons. The molecule has 0 spiro atoms. The molecule has 0 fully saturated rings. The van der Waals surface area contributed by atoms with Crippen LogP contribution < -0.4 is 10.3 Å². The Kier molecular flexibility index (Phi) is 8.17. The highest BCUT2D eigenvalue weighted by molar-refractivity contribution is 7.99. The minimum atomic E-state index is -4.85. The smallest absolute Gasteiger partial charge is 0.416 e. The molecule has 5 rings (SSSR count). The van der Waals surface area contributed by atoms with Crippen molar-refractivity contribution >= 4 is 23.4 Å². The van der Waals surface area contributed by atoms with Crippen LogP contribution in [0.4, 0.5) is 22.0 Å². The number of hydrogen-bond donors (Lipinski definition) is 0. The first-order valence-corrected chi connectivity index (χ1v) is 14.0. The fraction of sp³-hybridized carbons (Fsp3) is 0.233. The van der Waals surface area contributed by atoms with Crippen molar-refractivity contribution in [2.75, 3.05) is 12.9 Å². The van der Waals surface area contributed by atoms with Gasteiger partial charge in [0.2, 0.25) is 0 Å². The number of alkyl halides is 3. The lowest BCUT2D eigenvalue weighted by atomic mass is 9.91. The first-order chi connectivity index (χ1) is 20.0. The maximum Gasteiger partial charge on any atom is 0.416 e. The van der Waals surface area contributed by atoms with Gasteiger partial charge in [-0.05, 0) is 42.3 Å². The summed E-state index contributed by atoms with van der Waals surface area (Å²) in [7, 11) is 1.25. The second-order valence-electron chi connectivity index (χ2n) is 9.67. The van der Waals surface area contributed by atoms with Crippen molar-refractivity contribution < 1.29 is 26.7 Å². The van der Waals surface area contributed by atoms with Crippen molar-refractivity contribution in [3.05, 3.63) is 120 Å². The highest BCUT2D eigenvalue weighted by Crippen LogP contribution is 2.47. The highest BCUT2D eigenvalue weighted by Gasteiger charge is 2.39. The monoisotopic (exact) mass is 620 g/mol. The molecule has 0 bridgehead atoms. The predicted molar refractivity (Wildman–Crippen MR) is 151 cm³/mol. The van der Waals surface area contributed by atoms with E-state index in [9.17, 15) is 22.9 Å². The molecule has 0 saturated heterocycles. The van der Waals surface area contributed by atoms with Gasteiger partial charge in [-0.3, -0.25) is 9.36 Å². The van der Waals surface area contributed by atoms with Crippen LogP contribution in [0, 0.1) is 23.5 Å². The minimum absolute atomic E-state index is 0.136. The number of rotatable bonds is 7. The van der Waals surface area contributed by atoms with Gasteiger partial charge in [-0.15, -0.1) is 11.8 Å². The molecule has 12 heteroatoms. The molecule has 5 nitrogen and oxygen atoms in total. The van der Waals surface area contributed by atoms with E-state index in [-0.39, 0.29) is 43.8 Å². The number of halogens is 6. The second-order valence-corrected chi connectivity index (χ2v) is 11.1. The molecular weight excluding hydrogens is 599 g/mol. The molecule has 1 aliphatic heterocycles. The third-order valence-electron chi connectivity index (χ3n) is 7.39. The molecule has 0 saturated carbocycles. The number of benzene rings is 3. The Morgan fingerprint density at radius 3 is 2.45 bits per heavy atom. The fourth-order valence-corrected chi connectivity index (χ4v) is 7.04. The van der Waals surface area contributed by atoms with Crippen molar-refractivity contribution in [3.8, 4) is 16.9 Å². The summed E-state index contributed by atoms with van der Waals surface area (Å²) in [6.07, 6.45) is -5.40. The van der Waals surface area contributed by atoms with Crippen molar-refractivity contribution in [2.45, 2.75) is 36.6 Å². The van der Waals surface area contributed by atoms with Gasteiger partial charge in [0.25, 0.3) is 5.56 Å². The largest absolute Gasteiger partial charge is 0.494 e. The summed E-state index contributed by atoms with van der Waals surface area (Å²) in [5.41, 5.74) is -2.04. The molecule has 2 atom stereocenters. The normalized spacial score (nSPS) is 15.4. The maximum absolute atomic E-state index is 15.6. The topological polar surface area (TPSA) is 60.7 Å². The molecule has 0 aliphatic carbocycles. The van der Waals surface area contributed by atoms with Crippen molar-refractivity contribution in [2.24, 2.45) is 5.18 Å². The van der Waals surface area contributed by atoms with Crippen LogP contribution in [0.5, 0.6) is 5.75 Å². The van der Waals surface area contributed by atoms with Crippen molar-refractivity contribution in [3.63, 3.8) is 0 Å². The first kappa shape index (κ1) is 29.8. The van der Waals surface area contributed by atoms with E-state index in [1.54, 1.807) is 24.3 Å². The number of thioether (sulfide) groups is 1. The van der Waals surface area contributed by atoms with Crippen LogP contribution in [0.15, 0.2) is 75.7 Å². The molecule has 0 N–H and O–H groups in total. The lowest BCUT2D eigenvalue weighted by Crippen LogP contribution is -2.30. The summed E-state index contributed by atoms with van der Waals surface area (Å²) >= 11 is 7.49. The average Bonchev–Trinajstić information content (AvgIpc) is 3.38. The SMILES string of the molecule is COc1cccc(-c2c(C)c(Cc3c(F)cccc3C(F)(F)F)c3n(c2=O)C(C(N=O)c2ccccc2Cl)CS3)c1F. The van der Waals surface area contributed by atoms with Gasteiger partial charge in [0.15, 0.2) is 11.6 Å². The van der Waals surface area contributed by atoms with E-state index in [2.05, 4.69) is 5.18 Å². The quantitative estimate of drug-likeness (QED) is 0.153. The van der Waals surface area contributed by atoms with E-state index in [1.165, 1.54) is 36.8 Å². The number of nitroso groups, excluding NO2 is 1.